The van der Waals surface area contributed by atoms with E-state index in [1.165, 1.54) is 27.1 Å². The number of carbonyl (C=O) groups is 3. The van der Waals surface area contributed by atoms with E-state index in [9.17, 15) is 14.4 Å². The number of ether oxygens (including phenoxy) is 4. The first-order valence-electron chi connectivity index (χ1n) is 10.5. The number of aromatic nitrogens is 4. The van der Waals surface area contributed by atoms with E-state index in [4.69, 9.17) is 18.9 Å². The molecule has 2 saturated heterocycles. The molecule has 0 bridgehead atoms. The van der Waals surface area contributed by atoms with Crippen molar-refractivity contribution in [2.75, 3.05) is 24.6 Å². The molecule has 178 valence electrons. The Kier molecular flexibility index (Phi) is 6.97. The molecule has 0 aromatic carbocycles. The van der Waals surface area contributed by atoms with Gasteiger partial charge in [0.25, 0.3) is 0 Å². The van der Waals surface area contributed by atoms with Crippen LogP contribution in [-0.4, -0.2) is 75.4 Å². The normalized spacial score (nSPS) is 24.8. The number of carbonyl (C=O) groups excluding carboxylic acids is 3. The molecule has 4 heterocycles. The zero-order valence-electron chi connectivity index (χ0n) is 18.4. The second-order valence-electron chi connectivity index (χ2n) is 7.85. The summed E-state index contributed by atoms with van der Waals surface area (Å²) in [6.07, 6.45) is -0.0886. The number of hydrogen-bond acceptors (Lipinski definition) is 11. The first-order chi connectivity index (χ1) is 15.7. The first kappa shape index (κ1) is 23.6. The summed E-state index contributed by atoms with van der Waals surface area (Å²) in [7, 11) is 0. The van der Waals surface area contributed by atoms with Gasteiger partial charge in [-0.3, -0.25) is 19.0 Å². The van der Waals surface area contributed by atoms with Crippen molar-refractivity contribution in [1.29, 1.82) is 0 Å². The van der Waals surface area contributed by atoms with Gasteiger partial charge in [0.15, 0.2) is 39.2 Å². The molecule has 13 heteroatoms. The lowest BCUT2D eigenvalue weighted by atomic mass is 10.1. The van der Waals surface area contributed by atoms with E-state index in [1.54, 1.807) is 4.57 Å². The predicted octanol–water partition coefficient (Wildman–Crippen LogP) is 1.35. The minimum absolute atomic E-state index is 0.181. The maximum atomic E-state index is 11.9. The molecule has 0 saturated carbocycles. The van der Waals surface area contributed by atoms with Gasteiger partial charge in [-0.05, 0) is 12.8 Å². The number of imidazole rings is 1. The highest BCUT2D eigenvalue weighted by atomic mass is 127. The van der Waals surface area contributed by atoms with E-state index in [0.717, 1.165) is 31.7 Å². The minimum Gasteiger partial charge on any atom is -0.463 e. The van der Waals surface area contributed by atoms with Gasteiger partial charge in [0.05, 0.1) is 6.33 Å². The second-order valence-corrected chi connectivity index (χ2v) is 8.82. The number of nitrogens with zero attached hydrogens (tertiary/aromatic N) is 5. The Bertz CT molecular complexity index is 1070. The van der Waals surface area contributed by atoms with Crippen molar-refractivity contribution in [3.8, 4) is 0 Å². The van der Waals surface area contributed by atoms with Gasteiger partial charge in [0.2, 0.25) is 0 Å². The van der Waals surface area contributed by atoms with Gasteiger partial charge in [-0.25, -0.2) is 15.0 Å². The van der Waals surface area contributed by atoms with Gasteiger partial charge in [-0.2, -0.15) is 0 Å². The molecule has 0 amide bonds. The molecule has 0 radical (unpaired) electrons. The Morgan fingerprint density at radius 3 is 2.36 bits per heavy atom. The van der Waals surface area contributed by atoms with Crippen LogP contribution in [-0.2, 0) is 33.3 Å². The van der Waals surface area contributed by atoms with Gasteiger partial charge in [-0.1, -0.05) is 0 Å². The lowest BCUT2D eigenvalue weighted by molar-refractivity contribution is -0.166. The van der Waals surface area contributed by atoms with Crippen molar-refractivity contribution in [3.63, 3.8) is 0 Å². The highest BCUT2D eigenvalue weighted by Crippen LogP contribution is 2.37. The Labute approximate surface area is 203 Å². The van der Waals surface area contributed by atoms with E-state index in [2.05, 4.69) is 19.9 Å². The van der Waals surface area contributed by atoms with Crippen LogP contribution in [0.1, 0.15) is 39.8 Å². The quantitative estimate of drug-likeness (QED) is 0.215. The molecule has 0 N–H and O–H groups in total. The summed E-state index contributed by atoms with van der Waals surface area (Å²) in [5.74, 6) is -0.947. The summed E-state index contributed by atoms with van der Waals surface area (Å²) < 4.78 is 24.3. The van der Waals surface area contributed by atoms with Crippen molar-refractivity contribution in [2.45, 2.75) is 58.2 Å². The molecule has 2 aromatic rings. The number of halogens is 1. The Morgan fingerprint density at radius 1 is 1.06 bits per heavy atom. The summed E-state index contributed by atoms with van der Waals surface area (Å²) in [5.41, 5.74) is 1.09. The number of anilines is 1. The van der Waals surface area contributed by atoms with Crippen LogP contribution < -0.4 is 4.90 Å². The van der Waals surface area contributed by atoms with Gasteiger partial charge < -0.3 is 23.8 Å². The van der Waals surface area contributed by atoms with Crippen LogP contribution in [0.3, 0.4) is 0 Å². The summed E-state index contributed by atoms with van der Waals surface area (Å²) in [4.78, 5) is 50.9. The zero-order chi connectivity index (χ0) is 23.7. The highest BCUT2D eigenvalue weighted by Gasteiger charge is 2.51. The summed E-state index contributed by atoms with van der Waals surface area (Å²) >= 11 is 2.04. The van der Waals surface area contributed by atoms with Crippen molar-refractivity contribution in [3.05, 3.63) is 10.2 Å². The monoisotopic (exact) mass is 573 g/mol. The largest absolute Gasteiger partial charge is 0.463 e. The topological polar surface area (TPSA) is 135 Å². The summed E-state index contributed by atoms with van der Waals surface area (Å²) in [5, 5.41) is 0. The van der Waals surface area contributed by atoms with Crippen molar-refractivity contribution in [1.82, 2.24) is 19.5 Å². The van der Waals surface area contributed by atoms with Gasteiger partial charge >= 0.3 is 17.9 Å². The molecular formula is C20H24IN5O7. The van der Waals surface area contributed by atoms with Crippen molar-refractivity contribution in [2.24, 2.45) is 0 Å². The third-order valence-corrected chi connectivity index (χ3v) is 5.88. The molecule has 4 atom stereocenters. The van der Waals surface area contributed by atoms with Crippen molar-refractivity contribution >= 4 is 57.5 Å². The second kappa shape index (κ2) is 9.75. The molecule has 0 aliphatic carbocycles. The van der Waals surface area contributed by atoms with Crippen LogP contribution >= 0.6 is 22.6 Å². The van der Waals surface area contributed by atoms with Crippen LogP contribution in [0.15, 0.2) is 6.33 Å². The number of rotatable bonds is 6. The molecule has 0 unspecified atom stereocenters. The van der Waals surface area contributed by atoms with E-state index in [-0.39, 0.29) is 6.61 Å². The SMILES string of the molecule is CC(=O)OC[C@H]1O[C@@H](n2cnc3c(N4CCCC4)nc(I)nc32)[C@H](OC(C)=O)[C@@H]1OC(C)=O. The third kappa shape index (κ3) is 5.03. The Morgan fingerprint density at radius 2 is 1.73 bits per heavy atom. The highest BCUT2D eigenvalue weighted by molar-refractivity contribution is 14.1. The van der Waals surface area contributed by atoms with Crippen LogP contribution in [0.25, 0.3) is 11.2 Å². The first-order valence-corrected chi connectivity index (χ1v) is 11.6. The van der Waals surface area contributed by atoms with E-state index < -0.39 is 42.4 Å². The van der Waals surface area contributed by atoms with Crippen LogP contribution in [0.2, 0.25) is 0 Å². The smallest absolute Gasteiger partial charge is 0.303 e. The lowest BCUT2D eigenvalue weighted by Crippen LogP contribution is -2.40. The molecule has 33 heavy (non-hydrogen) atoms. The standard InChI is InChI=1S/C20H24IN5O7/c1-10(27)30-8-13-15(31-11(2)28)16(32-12(3)29)19(33-13)26-9-22-14-17(25-6-4-5-7-25)23-20(21)24-18(14)26/h9,13,15-16,19H,4-8H2,1-3H3/t13-,15-,16-,19-/m1/s1. The molecule has 4 rings (SSSR count). The average Bonchev–Trinajstić information content (AvgIpc) is 3.46. The molecule has 2 fully saturated rings. The van der Waals surface area contributed by atoms with Gasteiger partial charge in [0, 0.05) is 56.5 Å². The summed E-state index contributed by atoms with van der Waals surface area (Å²) in [6, 6.07) is 0. The van der Waals surface area contributed by atoms with Gasteiger partial charge in [0.1, 0.15) is 12.7 Å². The maximum Gasteiger partial charge on any atom is 0.303 e. The Balaban J connectivity index is 1.75. The fraction of sp³-hybridized carbons (Fsp3) is 0.600. The van der Waals surface area contributed by atoms with E-state index in [1.807, 2.05) is 22.6 Å². The number of hydrogen-bond donors (Lipinski definition) is 0. The Hall–Kier alpha value is -2.55. The molecule has 2 aliphatic rings. The third-order valence-electron chi connectivity index (χ3n) is 5.40. The minimum atomic E-state index is -1.01. The predicted molar refractivity (Wildman–Crippen MR) is 121 cm³/mol. The number of fused-ring (bicyclic) bond motifs is 1. The van der Waals surface area contributed by atoms with Crippen LogP contribution in [0.4, 0.5) is 5.82 Å². The van der Waals surface area contributed by atoms with Gasteiger partial charge in [-0.15, -0.1) is 0 Å². The summed E-state index contributed by atoms with van der Waals surface area (Å²) in [6.45, 7) is 5.34. The number of esters is 3. The van der Waals surface area contributed by atoms with Crippen LogP contribution in [0.5, 0.6) is 0 Å². The molecule has 2 aliphatic heterocycles. The molecule has 12 nitrogen and oxygen atoms in total. The molecule has 0 spiro atoms. The van der Waals surface area contributed by atoms with Crippen molar-refractivity contribution < 1.29 is 33.3 Å². The van der Waals surface area contributed by atoms with Crippen LogP contribution in [0, 0.1) is 3.83 Å². The molecule has 2 aromatic heterocycles. The molecular weight excluding hydrogens is 549 g/mol. The maximum absolute atomic E-state index is 11.9. The fourth-order valence-corrected chi connectivity index (χ4v) is 4.59. The lowest BCUT2D eigenvalue weighted by Gasteiger charge is -2.24. The fourth-order valence-electron chi connectivity index (χ4n) is 4.13. The average molecular weight is 573 g/mol. The van der Waals surface area contributed by atoms with E-state index >= 15 is 0 Å². The zero-order valence-corrected chi connectivity index (χ0v) is 20.6. The van der Waals surface area contributed by atoms with E-state index in [0.29, 0.717) is 15.0 Å².